The van der Waals surface area contributed by atoms with Crippen LogP contribution in [0.5, 0.6) is 17.2 Å². The van der Waals surface area contributed by atoms with Crippen molar-refractivity contribution in [2.45, 2.75) is 6.04 Å². The van der Waals surface area contributed by atoms with Gasteiger partial charge in [0.2, 0.25) is 0 Å². The molecule has 0 saturated heterocycles. The average Bonchev–Trinajstić information content (AvgIpc) is 2.59. The zero-order valence-corrected chi connectivity index (χ0v) is 13.0. The van der Waals surface area contributed by atoms with Crippen LogP contribution in [0.2, 0.25) is 0 Å². The molecule has 0 bridgehead atoms. The van der Waals surface area contributed by atoms with Gasteiger partial charge in [0, 0.05) is 11.6 Å². The summed E-state index contributed by atoms with van der Waals surface area (Å²) in [4.78, 5) is 10.5. The minimum atomic E-state index is -1.02. The Balaban J connectivity index is 2.19. The molecule has 122 valence electrons. The molecule has 6 heteroatoms. The Hall–Kier alpha value is -2.73. The number of hydrogen-bond acceptors (Lipinski definition) is 5. The Morgan fingerprint density at radius 2 is 1.74 bits per heavy atom. The maximum Gasteiger partial charge on any atom is 0.341 e. The summed E-state index contributed by atoms with van der Waals surface area (Å²) in [5.74, 6) is 0.789. The number of ether oxygens (including phenoxy) is 3. The van der Waals surface area contributed by atoms with Crippen molar-refractivity contribution in [1.82, 2.24) is 0 Å². The largest absolute Gasteiger partial charge is 0.497 e. The number of methoxy groups -OCH3 is 2. The lowest BCUT2D eigenvalue weighted by atomic mass is 9.98. The first-order valence-electron chi connectivity index (χ1n) is 6.97. The highest BCUT2D eigenvalue weighted by Gasteiger charge is 2.15. The Bertz CT molecular complexity index is 669. The van der Waals surface area contributed by atoms with Crippen LogP contribution in [0.25, 0.3) is 0 Å². The molecule has 23 heavy (non-hydrogen) atoms. The van der Waals surface area contributed by atoms with Gasteiger partial charge in [-0.05, 0) is 29.8 Å². The van der Waals surface area contributed by atoms with E-state index >= 15 is 0 Å². The summed E-state index contributed by atoms with van der Waals surface area (Å²) in [6.07, 6.45) is 0. The lowest BCUT2D eigenvalue weighted by molar-refractivity contribution is -0.139. The molecule has 0 aliphatic rings. The molecule has 0 saturated carbocycles. The summed E-state index contributed by atoms with van der Waals surface area (Å²) in [7, 11) is 3.16. The second-order valence-electron chi connectivity index (χ2n) is 4.84. The van der Waals surface area contributed by atoms with Gasteiger partial charge in [0.25, 0.3) is 0 Å². The molecule has 0 amide bonds. The monoisotopic (exact) mass is 317 g/mol. The predicted octanol–water partition coefficient (Wildman–Crippen LogP) is 2.22. The number of aliphatic carboxylic acids is 1. The van der Waals surface area contributed by atoms with Crippen molar-refractivity contribution in [3.63, 3.8) is 0 Å². The number of carboxylic acids is 1. The fourth-order valence-corrected chi connectivity index (χ4v) is 2.17. The van der Waals surface area contributed by atoms with Gasteiger partial charge in [-0.2, -0.15) is 0 Å². The van der Waals surface area contributed by atoms with Gasteiger partial charge in [0.05, 0.1) is 20.3 Å². The molecule has 0 spiro atoms. The number of carbonyl (C=O) groups is 1. The van der Waals surface area contributed by atoms with Crippen molar-refractivity contribution >= 4 is 5.97 Å². The predicted molar refractivity (Wildman–Crippen MR) is 85.1 cm³/mol. The Labute approximate surface area is 134 Å². The lowest BCUT2D eigenvalue weighted by Crippen LogP contribution is -2.13. The van der Waals surface area contributed by atoms with E-state index in [0.717, 1.165) is 11.1 Å². The van der Waals surface area contributed by atoms with Crippen LogP contribution in [0.4, 0.5) is 0 Å². The van der Waals surface area contributed by atoms with E-state index in [-0.39, 0.29) is 12.6 Å². The van der Waals surface area contributed by atoms with Crippen LogP contribution in [0, 0.1) is 0 Å². The first kappa shape index (κ1) is 16.6. The quantitative estimate of drug-likeness (QED) is 0.813. The van der Waals surface area contributed by atoms with Crippen LogP contribution in [-0.2, 0) is 4.79 Å². The molecule has 0 radical (unpaired) electrons. The van der Waals surface area contributed by atoms with Crippen molar-refractivity contribution in [3.8, 4) is 17.2 Å². The molecule has 0 aliphatic heterocycles. The number of hydrogen-bond donors (Lipinski definition) is 2. The number of rotatable bonds is 7. The van der Waals surface area contributed by atoms with Crippen molar-refractivity contribution in [3.05, 3.63) is 53.6 Å². The standard InChI is InChI=1S/C17H19NO5/c1-21-13-7-8-14(15(9-13)22-2)17(18)11-3-5-12(6-4-11)23-10-16(19)20/h3-9,17H,10,18H2,1-2H3,(H,19,20)/t17-/m0/s1. The zero-order chi connectivity index (χ0) is 16.8. The molecule has 1 atom stereocenters. The first-order chi connectivity index (χ1) is 11.0. The SMILES string of the molecule is COc1ccc([C@@H](N)c2ccc(OCC(=O)O)cc2)c(OC)c1. The van der Waals surface area contributed by atoms with Gasteiger partial charge in [0.1, 0.15) is 17.2 Å². The van der Waals surface area contributed by atoms with Crippen molar-refractivity contribution < 1.29 is 24.1 Å². The molecule has 2 rings (SSSR count). The molecule has 0 heterocycles. The van der Waals surface area contributed by atoms with E-state index in [1.165, 1.54) is 0 Å². The minimum absolute atomic E-state index is 0.377. The Morgan fingerprint density at radius 3 is 2.30 bits per heavy atom. The summed E-state index contributed by atoms with van der Waals surface area (Å²) < 4.78 is 15.6. The third-order valence-corrected chi connectivity index (χ3v) is 3.38. The Kier molecular flexibility index (Phi) is 5.43. The average molecular weight is 317 g/mol. The maximum atomic E-state index is 10.5. The number of nitrogens with two attached hydrogens (primary N) is 1. The van der Waals surface area contributed by atoms with Gasteiger partial charge < -0.3 is 25.1 Å². The number of benzene rings is 2. The first-order valence-corrected chi connectivity index (χ1v) is 6.97. The topological polar surface area (TPSA) is 91.0 Å². The van der Waals surface area contributed by atoms with Crippen LogP contribution < -0.4 is 19.9 Å². The van der Waals surface area contributed by atoms with E-state index in [1.54, 1.807) is 44.6 Å². The van der Waals surface area contributed by atoms with Crippen LogP contribution >= 0.6 is 0 Å². The van der Waals surface area contributed by atoms with E-state index in [0.29, 0.717) is 17.2 Å². The fraction of sp³-hybridized carbons (Fsp3) is 0.235. The van der Waals surface area contributed by atoms with E-state index in [2.05, 4.69) is 0 Å². The van der Waals surface area contributed by atoms with Gasteiger partial charge in [-0.25, -0.2) is 4.79 Å². The van der Waals surface area contributed by atoms with E-state index in [1.807, 2.05) is 12.1 Å². The van der Waals surface area contributed by atoms with Gasteiger partial charge in [0.15, 0.2) is 6.61 Å². The van der Waals surface area contributed by atoms with Crippen molar-refractivity contribution in [2.75, 3.05) is 20.8 Å². The third-order valence-electron chi connectivity index (χ3n) is 3.38. The molecule has 6 nitrogen and oxygen atoms in total. The molecule has 0 aromatic heterocycles. The molecule has 2 aromatic carbocycles. The van der Waals surface area contributed by atoms with Gasteiger partial charge in [-0.3, -0.25) is 0 Å². The summed E-state index contributed by atoms with van der Waals surface area (Å²) in [5.41, 5.74) is 7.98. The molecule has 3 N–H and O–H groups in total. The van der Waals surface area contributed by atoms with Crippen LogP contribution in [0.15, 0.2) is 42.5 Å². The smallest absolute Gasteiger partial charge is 0.341 e. The van der Waals surface area contributed by atoms with E-state index in [9.17, 15) is 4.79 Å². The van der Waals surface area contributed by atoms with Crippen molar-refractivity contribution in [2.24, 2.45) is 5.73 Å². The normalized spacial score (nSPS) is 11.6. The third kappa shape index (κ3) is 4.14. The van der Waals surface area contributed by atoms with Gasteiger partial charge in [-0.1, -0.05) is 12.1 Å². The second-order valence-corrected chi connectivity index (χ2v) is 4.84. The highest BCUT2D eigenvalue weighted by Crippen LogP contribution is 2.32. The summed E-state index contributed by atoms with van der Waals surface area (Å²) in [6.45, 7) is -0.377. The molecular formula is C17H19NO5. The summed E-state index contributed by atoms with van der Waals surface area (Å²) in [6, 6.07) is 12.0. The Morgan fingerprint density at radius 1 is 1.09 bits per heavy atom. The van der Waals surface area contributed by atoms with Crippen LogP contribution in [0.1, 0.15) is 17.2 Å². The molecule has 0 unspecified atom stereocenters. The van der Waals surface area contributed by atoms with Crippen LogP contribution in [0.3, 0.4) is 0 Å². The van der Waals surface area contributed by atoms with Gasteiger partial charge >= 0.3 is 5.97 Å². The van der Waals surface area contributed by atoms with Crippen LogP contribution in [-0.4, -0.2) is 31.9 Å². The molecule has 0 aliphatic carbocycles. The lowest BCUT2D eigenvalue weighted by Gasteiger charge is -2.17. The maximum absolute atomic E-state index is 10.5. The summed E-state index contributed by atoms with van der Waals surface area (Å²) in [5, 5.41) is 8.60. The highest BCUT2D eigenvalue weighted by molar-refractivity contribution is 5.68. The highest BCUT2D eigenvalue weighted by atomic mass is 16.5. The zero-order valence-electron chi connectivity index (χ0n) is 13.0. The minimum Gasteiger partial charge on any atom is -0.497 e. The molecule has 2 aromatic rings. The fourth-order valence-electron chi connectivity index (χ4n) is 2.17. The van der Waals surface area contributed by atoms with Gasteiger partial charge in [-0.15, -0.1) is 0 Å². The van der Waals surface area contributed by atoms with E-state index in [4.69, 9.17) is 25.1 Å². The second kappa shape index (κ2) is 7.51. The van der Waals surface area contributed by atoms with Crippen molar-refractivity contribution in [1.29, 1.82) is 0 Å². The summed E-state index contributed by atoms with van der Waals surface area (Å²) >= 11 is 0. The number of carboxylic acid groups (broad SMARTS) is 1. The molecular weight excluding hydrogens is 298 g/mol. The van der Waals surface area contributed by atoms with E-state index < -0.39 is 5.97 Å². The molecule has 0 fully saturated rings.